The number of ether oxygens (including phenoxy) is 2. The van der Waals surface area contributed by atoms with E-state index in [2.05, 4.69) is 24.1 Å². The van der Waals surface area contributed by atoms with Gasteiger partial charge in [0, 0.05) is 36.5 Å². The number of methoxy groups -OCH3 is 1. The fraction of sp³-hybridized carbons (Fsp3) is 0.444. The van der Waals surface area contributed by atoms with Crippen molar-refractivity contribution in [1.29, 1.82) is 0 Å². The van der Waals surface area contributed by atoms with Crippen molar-refractivity contribution in [3.63, 3.8) is 0 Å². The van der Waals surface area contributed by atoms with E-state index in [9.17, 15) is 13.6 Å². The van der Waals surface area contributed by atoms with E-state index in [0.29, 0.717) is 41.4 Å². The van der Waals surface area contributed by atoms with Crippen molar-refractivity contribution in [2.45, 2.75) is 58.0 Å². The third kappa shape index (κ3) is 7.29. The summed E-state index contributed by atoms with van der Waals surface area (Å²) in [7, 11) is 1.58. The van der Waals surface area contributed by atoms with Gasteiger partial charge in [0.2, 0.25) is 5.91 Å². The third-order valence-electron chi connectivity index (χ3n) is 6.12. The van der Waals surface area contributed by atoms with Crippen molar-refractivity contribution in [2.75, 3.05) is 25.6 Å². The quantitative estimate of drug-likeness (QED) is 0.428. The number of hydrogen-bond donors (Lipinski definition) is 1. The van der Waals surface area contributed by atoms with Gasteiger partial charge < -0.3 is 14.8 Å². The molecule has 34 heavy (non-hydrogen) atoms. The molecule has 0 aliphatic heterocycles. The van der Waals surface area contributed by atoms with Gasteiger partial charge in [-0.2, -0.15) is 0 Å². The van der Waals surface area contributed by atoms with Crippen molar-refractivity contribution >= 4 is 17.7 Å². The molecule has 0 aromatic heterocycles. The van der Waals surface area contributed by atoms with Crippen LogP contribution in [0.15, 0.2) is 42.5 Å². The Morgan fingerprint density at radius 1 is 1.09 bits per heavy atom. The molecule has 0 atom stereocenters. The van der Waals surface area contributed by atoms with Gasteiger partial charge in [0.15, 0.2) is 23.1 Å². The Hall–Kier alpha value is -2.93. The molecule has 5 nitrogen and oxygen atoms in total. The standard InChI is InChI=1S/C27H34F2N2O3/c1-19(2)31(22-7-5-4-6-8-22)15-16-34-26-18-21(11-13-25(26)33-3)30-27(32)14-10-20-9-12-23(28)24(29)17-20/h9-14,17-19,22H,4-8,15-16H2,1-3H3,(H,30,32)/b14-10+. The highest BCUT2D eigenvalue weighted by Crippen LogP contribution is 2.31. The van der Waals surface area contributed by atoms with Crippen LogP contribution in [0.1, 0.15) is 51.5 Å². The number of benzene rings is 2. The lowest BCUT2D eigenvalue weighted by Crippen LogP contribution is -2.43. The molecule has 2 aromatic rings. The van der Waals surface area contributed by atoms with Gasteiger partial charge in [0.05, 0.1) is 7.11 Å². The molecule has 1 aliphatic carbocycles. The van der Waals surface area contributed by atoms with Crippen LogP contribution in [0.4, 0.5) is 14.5 Å². The first-order valence-corrected chi connectivity index (χ1v) is 11.9. The first-order valence-electron chi connectivity index (χ1n) is 11.9. The lowest BCUT2D eigenvalue weighted by molar-refractivity contribution is -0.111. The van der Waals surface area contributed by atoms with Gasteiger partial charge in [-0.25, -0.2) is 8.78 Å². The van der Waals surface area contributed by atoms with Crippen LogP contribution in [-0.2, 0) is 4.79 Å². The number of halogens is 2. The monoisotopic (exact) mass is 472 g/mol. The first-order chi connectivity index (χ1) is 16.4. The minimum atomic E-state index is -0.959. The Morgan fingerprint density at radius 2 is 1.85 bits per heavy atom. The van der Waals surface area contributed by atoms with E-state index in [1.54, 1.807) is 25.3 Å². The predicted molar refractivity (Wildman–Crippen MR) is 131 cm³/mol. The topological polar surface area (TPSA) is 50.8 Å². The molecule has 1 fully saturated rings. The van der Waals surface area contributed by atoms with Gasteiger partial charge in [-0.05, 0) is 62.6 Å². The zero-order valence-electron chi connectivity index (χ0n) is 20.2. The molecule has 1 amide bonds. The number of nitrogens with zero attached hydrogens (tertiary/aromatic N) is 1. The van der Waals surface area contributed by atoms with Gasteiger partial charge in [-0.15, -0.1) is 0 Å². The maximum absolute atomic E-state index is 13.3. The summed E-state index contributed by atoms with van der Waals surface area (Å²) < 4.78 is 37.9. The van der Waals surface area contributed by atoms with Crippen molar-refractivity contribution in [3.8, 4) is 11.5 Å². The van der Waals surface area contributed by atoms with Gasteiger partial charge in [-0.3, -0.25) is 9.69 Å². The molecule has 0 saturated heterocycles. The highest BCUT2D eigenvalue weighted by atomic mass is 19.2. The molecule has 0 heterocycles. The number of carbonyl (C=O) groups is 1. The van der Waals surface area contributed by atoms with Crippen molar-refractivity contribution < 1.29 is 23.0 Å². The molecule has 3 rings (SSSR count). The van der Waals surface area contributed by atoms with Crippen molar-refractivity contribution in [1.82, 2.24) is 4.90 Å². The molecule has 1 N–H and O–H groups in total. The van der Waals surface area contributed by atoms with E-state index in [1.807, 2.05) is 0 Å². The lowest BCUT2D eigenvalue weighted by atomic mass is 9.93. The SMILES string of the molecule is COc1ccc(NC(=O)/C=C/c2ccc(F)c(F)c2)cc1OCCN(C(C)C)C1CCCCC1. The average Bonchev–Trinajstić information content (AvgIpc) is 2.83. The van der Waals surface area contributed by atoms with Crippen LogP contribution in [-0.4, -0.2) is 43.2 Å². The van der Waals surface area contributed by atoms with Crippen LogP contribution >= 0.6 is 0 Å². The predicted octanol–water partition coefficient (Wildman–Crippen LogP) is 6.05. The van der Waals surface area contributed by atoms with Crippen LogP contribution < -0.4 is 14.8 Å². The van der Waals surface area contributed by atoms with Crippen LogP contribution in [0.5, 0.6) is 11.5 Å². The number of carbonyl (C=O) groups excluding carboxylic acids is 1. The molecule has 0 spiro atoms. The van der Waals surface area contributed by atoms with Crippen LogP contribution in [0.3, 0.4) is 0 Å². The van der Waals surface area contributed by atoms with Crippen LogP contribution in [0.2, 0.25) is 0 Å². The maximum atomic E-state index is 13.3. The second-order valence-electron chi connectivity index (χ2n) is 8.83. The second-order valence-corrected chi connectivity index (χ2v) is 8.83. The Balaban J connectivity index is 1.60. The van der Waals surface area contributed by atoms with E-state index in [1.165, 1.54) is 50.3 Å². The van der Waals surface area contributed by atoms with Crippen LogP contribution in [0.25, 0.3) is 6.08 Å². The first kappa shape index (κ1) is 25.7. The molecular weight excluding hydrogens is 438 g/mol. The number of amides is 1. The number of hydrogen-bond acceptors (Lipinski definition) is 4. The van der Waals surface area contributed by atoms with Crippen molar-refractivity contribution in [3.05, 3.63) is 59.7 Å². The summed E-state index contributed by atoms with van der Waals surface area (Å²) in [5, 5.41) is 2.76. The summed E-state index contributed by atoms with van der Waals surface area (Å²) in [5.74, 6) is -1.15. The van der Waals surface area contributed by atoms with Gasteiger partial charge in [0.1, 0.15) is 6.61 Å². The average molecular weight is 473 g/mol. The number of anilines is 1. The fourth-order valence-corrected chi connectivity index (χ4v) is 4.38. The molecular formula is C27H34F2N2O3. The minimum absolute atomic E-state index is 0.389. The summed E-state index contributed by atoms with van der Waals surface area (Å²) >= 11 is 0. The lowest BCUT2D eigenvalue weighted by Gasteiger charge is -2.37. The van der Waals surface area contributed by atoms with E-state index in [0.717, 1.165) is 18.7 Å². The third-order valence-corrected chi connectivity index (χ3v) is 6.12. The highest BCUT2D eigenvalue weighted by Gasteiger charge is 2.23. The molecule has 7 heteroatoms. The van der Waals surface area contributed by atoms with Gasteiger partial charge >= 0.3 is 0 Å². The molecule has 0 unspecified atom stereocenters. The van der Waals surface area contributed by atoms with E-state index in [4.69, 9.17) is 9.47 Å². The molecule has 1 saturated carbocycles. The van der Waals surface area contributed by atoms with Crippen molar-refractivity contribution in [2.24, 2.45) is 0 Å². The molecule has 0 bridgehead atoms. The summed E-state index contributed by atoms with van der Waals surface area (Å²) in [6, 6.07) is 9.69. The Kier molecular flexibility index (Phi) is 9.45. The molecule has 1 aliphatic rings. The van der Waals surface area contributed by atoms with Gasteiger partial charge in [0.25, 0.3) is 0 Å². The maximum Gasteiger partial charge on any atom is 0.248 e. The summed E-state index contributed by atoms with van der Waals surface area (Å²) in [5.41, 5.74) is 0.934. The summed E-state index contributed by atoms with van der Waals surface area (Å²) in [4.78, 5) is 14.8. The smallest absolute Gasteiger partial charge is 0.248 e. The Bertz CT molecular complexity index is 988. The van der Waals surface area contributed by atoms with E-state index >= 15 is 0 Å². The molecule has 0 radical (unpaired) electrons. The Morgan fingerprint density at radius 3 is 2.53 bits per heavy atom. The highest BCUT2D eigenvalue weighted by molar-refractivity contribution is 6.02. The van der Waals surface area contributed by atoms with E-state index in [-0.39, 0.29) is 0 Å². The molecule has 2 aromatic carbocycles. The summed E-state index contributed by atoms with van der Waals surface area (Å²) in [6.45, 7) is 5.77. The fourth-order valence-electron chi connectivity index (χ4n) is 4.38. The number of nitrogens with one attached hydrogen (secondary N) is 1. The normalized spacial score (nSPS) is 14.7. The second kappa shape index (κ2) is 12.5. The molecule has 184 valence electrons. The van der Waals surface area contributed by atoms with Crippen LogP contribution in [0, 0.1) is 11.6 Å². The summed E-state index contributed by atoms with van der Waals surface area (Å²) in [6.07, 6.45) is 9.06. The zero-order valence-corrected chi connectivity index (χ0v) is 20.2. The number of rotatable bonds is 10. The Labute approximate surface area is 200 Å². The van der Waals surface area contributed by atoms with E-state index < -0.39 is 17.5 Å². The minimum Gasteiger partial charge on any atom is -0.493 e. The van der Waals surface area contributed by atoms with Gasteiger partial charge in [-0.1, -0.05) is 25.3 Å². The zero-order chi connectivity index (χ0) is 24.5. The largest absolute Gasteiger partial charge is 0.493 e.